The second kappa shape index (κ2) is 5.85. The summed E-state index contributed by atoms with van der Waals surface area (Å²) in [6.45, 7) is -5.56. The fourth-order valence-electron chi connectivity index (χ4n) is 1.80. The summed E-state index contributed by atoms with van der Waals surface area (Å²) < 4.78 is 51.8. The van der Waals surface area contributed by atoms with Gasteiger partial charge in [-0.15, -0.1) is 0 Å². The highest BCUT2D eigenvalue weighted by Crippen LogP contribution is 2.23. The van der Waals surface area contributed by atoms with Crippen LogP contribution >= 0.6 is 11.8 Å². The number of hydrogen-bond acceptors (Lipinski definition) is 4. The van der Waals surface area contributed by atoms with Crippen molar-refractivity contribution < 1.29 is 17.3 Å². The lowest BCUT2D eigenvalue weighted by Gasteiger charge is -2.17. The van der Waals surface area contributed by atoms with E-state index in [1.807, 2.05) is 0 Å². The molecule has 0 aliphatic carbocycles. The molecule has 0 fully saturated rings. The molecule has 0 unspecified atom stereocenters. The molecule has 0 aliphatic heterocycles. The van der Waals surface area contributed by atoms with Crippen molar-refractivity contribution in [2.24, 2.45) is 0 Å². The quantitative estimate of drug-likeness (QED) is 0.406. The molecule has 0 bridgehead atoms. The van der Waals surface area contributed by atoms with Crippen LogP contribution in [-0.4, -0.2) is 23.2 Å². The normalized spacial score (nSPS) is 11.3. The SMILES string of the molecule is CSc1nc(-c2ccc(F)c([B-](F)(F)F)c2)c(C#N)c(=O)[nH]1. The lowest BCUT2D eigenvalue weighted by atomic mass is 9.78. The third-order valence-corrected chi connectivity index (χ3v) is 3.40. The van der Waals surface area contributed by atoms with Crippen molar-refractivity contribution in [3.8, 4) is 17.3 Å². The maximum Gasteiger partial charge on any atom is 0.512 e. The van der Waals surface area contributed by atoms with Crippen molar-refractivity contribution in [2.45, 2.75) is 5.16 Å². The van der Waals surface area contributed by atoms with Crippen molar-refractivity contribution >= 4 is 24.2 Å². The fourth-order valence-corrected chi connectivity index (χ4v) is 2.18. The highest BCUT2D eigenvalue weighted by atomic mass is 32.2. The second-order valence-electron chi connectivity index (χ2n) is 4.22. The average molecular weight is 328 g/mol. The summed E-state index contributed by atoms with van der Waals surface area (Å²) in [6, 6.07) is 3.85. The van der Waals surface area contributed by atoms with E-state index < -0.39 is 29.4 Å². The average Bonchev–Trinajstić information content (AvgIpc) is 2.45. The van der Waals surface area contributed by atoms with Crippen molar-refractivity contribution in [1.82, 2.24) is 9.97 Å². The van der Waals surface area contributed by atoms with E-state index in [4.69, 9.17) is 5.26 Å². The van der Waals surface area contributed by atoms with Gasteiger partial charge in [0.1, 0.15) is 11.6 Å². The molecular formula is C12H7BF4N3OS-. The van der Waals surface area contributed by atoms with Crippen LogP contribution in [0.5, 0.6) is 0 Å². The Morgan fingerprint density at radius 1 is 1.36 bits per heavy atom. The lowest BCUT2D eigenvalue weighted by Crippen LogP contribution is -2.36. The highest BCUT2D eigenvalue weighted by molar-refractivity contribution is 7.98. The van der Waals surface area contributed by atoms with Crippen molar-refractivity contribution in [3.63, 3.8) is 0 Å². The maximum absolute atomic E-state index is 13.3. The summed E-state index contributed by atoms with van der Waals surface area (Å²) in [7, 11) is 0. The van der Waals surface area contributed by atoms with Crippen LogP contribution in [0.15, 0.2) is 28.2 Å². The molecule has 0 aliphatic rings. The molecular weight excluding hydrogens is 321 g/mol. The Balaban J connectivity index is 2.75. The van der Waals surface area contributed by atoms with Crippen LogP contribution in [0.4, 0.5) is 17.3 Å². The van der Waals surface area contributed by atoms with Gasteiger partial charge in [-0.3, -0.25) is 4.79 Å². The van der Waals surface area contributed by atoms with Crippen LogP contribution < -0.4 is 11.0 Å². The summed E-state index contributed by atoms with van der Waals surface area (Å²) in [5.74, 6) is -1.41. The number of thioether (sulfide) groups is 1. The number of nitrogens with zero attached hydrogens (tertiary/aromatic N) is 2. The van der Waals surface area contributed by atoms with E-state index in [1.165, 1.54) is 0 Å². The molecule has 10 heteroatoms. The van der Waals surface area contributed by atoms with E-state index in [0.29, 0.717) is 12.1 Å². The van der Waals surface area contributed by atoms with Crippen LogP contribution in [0.2, 0.25) is 0 Å². The third-order valence-electron chi connectivity index (χ3n) is 2.82. The Morgan fingerprint density at radius 3 is 2.59 bits per heavy atom. The summed E-state index contributed by atoms with van der Waals surface area (Å²) in [6.07, 6.45) is 1.60. The Labute approximate surface area is 126 Å². The molecule has 1 N–H and O–H groups in total. The van der Waals surface area contributed by atoms with Gasteiger partial charge >= 0.3 is 6.98 Å². The molecule has 0 saturated carbocycles. The minimum atomic E-state index is -5.56. The molecule has 1 aromatic heterocycles. The zero-order valence-electron chi connectivity index (χ0n) is 11.0. The van der Waals surface area contributed by atoms with E-state index >= 15 is 0 Å². The van der Waals surface area contributed by atoms with Gasteiger partial charge in [-0.2, -0.15) is 5.26 Å². The van der Waals surface area contributed by atoms with Gasteiger partial charge < -0.3 is 17.9 Å². The van der Waals surface area contributed by atoms with E-state index in [0.717, 1.165) is 17.8 Å². The Kier molecular flexibility index (Phi) is 4.28. The van der Waals surface area contributed by atoms with Crippen LogP contribution in [0.3, 0.4) is 0 Å². The van der Waals surface area contributed by atoms with Gasteiger partial charge in [-0.05, 0) is 17.9 Å². The molecule has 1 heterocycles. The van der Waals surface area contributed by atoms with Crippen molar-refractivity contribution in [1.29, 1.82) is 5.26 Å². The van der Waals surface area contributed by atoms with Gasteiger partial charge in [0.2, 0.25) is 0 Å². The van der Waals surface area contributed by atoms with Gasteiger partial charge in [0, 0.05) is 0 Å². The molecule has 2 rings (SSSR count). The van der Waals surface area contributed by atoms with Crippen molar-refractivity contribution in [2.75, 3.05) is 6.26 Å². The predicted octanol–water partition coefficient (Wildman–Crippen LogP) is 2.22. The molecule has 0 atom stereocenters. The number of H-pyrrole nitrogens is 1. The van der Waals surface area contributed by atoms with Gasteiger partial charge in [0.05, 0.1) is 11.5 Å². The number of aromatic nitrogens is 2. The number of hydrogen-bond donors (Lipinski definition) is 1. The minimum absolute atomic E-state index is 0.141. The molecule has 114 valence electrons. The molecule has 2 aromatic rings. The van der Waals surface area contributed by atoms with Crippen LogP contribution in [0.25, 0.3) is 11.3 Å². The first kappa shape index (κ1) is 16.1. The van der Waals surface area contributed by atoms with Crippen LogP contribution in [0.1, 0.15) is 5.56 Å². The summed E-state index contributed by atoms with van der Waals surface area (Å²) in [5, 5.41) is 9.14. The number of aromatic amines is 1. The maximum atomic E-state index is 13.3. The highest BCUT2D eigenvalue weighted by Gasteiger charge is 2.29. The Hall–Kier alpha value is -2.28. The Morgan fingerprint density at radius 2 is 2.05 bits per heavy atom. The van der Waals surface area contributed by atoms with Gasteiger partial charge in [-0.25, -0.2) is 9.37 Å². The van der Waals surface area contributed by atoms with Gasteiger partial charge in [-0.1, -0.05) is 29.4 Å². The van der Waals surface area contributed by atoms with Crippen molar-refractivity contribution in [3.05, 3.63) is 39.9 Å². The number of benzene rings is 1. The molecule has 1 aromatic carbocycles. The van der Waals surface area contributed by atoms with Crippen LogP contribution in [0, 0.1) is 17.1 Å². The first-order chi connectivity index (χ1) is 10.3. The zero-order valence-corrected chi connectivity index (χ0v) is 11.8. The summed E-state index contributed by atoms with van der Waals surface area (Å²) in [5.41, 5.74) is -2.97. The van der Waals surface area contributed by atoms with E-state index in [2.05, 4.69) is 9.97 Å². The lowest BCUT2D eigenvalue weighted by molar-refractivity contribution is 0.494. The monoisotopic (exact) mass is 328 g/mol. The molecule has 0 amide bonds. The standard InChI is InChI=1S/C12H7BF4N3OS/c1-22-12-19-10(7(5-18)11(21)20-12)6-2-3-9(14)8(4-6)13(15,16)17/h2-4H,1H3,(H,19,20,21)/q-1. The minimum Gasteiger partial charge on any atom is -0.445 e. The molecule has 0 radical (unpaired) electrons. The number of nitriles is 1. The summed E-state index contributed by atoms with van der Waals surface area (Å²) in [4.78, 5) is 18.0. The summed E-state index contributed by atoms with van der Waals surface area (Å²) >= 11 is 1.06. The number of halogens is 4. The molecule has 0 saturated heterocycles. The molecule has 4 nitrogen and oxygen atoms in total. The van der Waals surface area contributed by atoms with E-state index in [1.54, 1.807) is 12.3 Å². The fraction of sp³-hybridized carbons (Fsp3) is 0.0833. The molecule has 0 spiro atoms. The van der Waals surface area contributed by atoms with Gasteiger partial charge in [0.25, 0.3) is 5.56 Å². The van der Waals surface area contributed by atoms with Gasteiger partial charge in [0.15, 0.2) is 5.16 Å². The van der Waals surface area contributed by atoms with Crippen LogP contribution in [-0.2, 0) is 0 Å². The first-order valence-corrected chi connectivity index (χ1v) is 7.08. The largest absolute Gasteiger partial charge is 0.512 e. The zero-order chi connectivity index (χ0) is 16.5. The number of nitrogens with one attached hydrogen (secondary N) is 1. The topological polar surface area (TPSA) is 69.5 Å². The predicted molar refractivity (Wildman–Crippen MR) is 75.5 cm³/mol. The first-order valence-electron chi connectivity index (χ1n) is 5.86. The second-order valence-corrected chi connectivity index (χ2v) is 5.02. The van der Waals surface area contributed by atoms with E-state index in [9.17, 15) is 22.1 Å². The van der Waals surface area contributed by atoms with E-state index in [-0.39, 0.29) is 16.4 Å². The molecule has 22 heavy (non-hydrogen) atoms. The Bertz CT molecular complexity index is 829. The smallest absolute Gasteiger partial charge is 0.445 e. The number of rotatable bonds is 3. The third kappa shape index (κ3) is 2.99.